The number of carbonyl (C=O) groups excluding carboxylic acids is 1. The second-order valence-electron chi connectivity index (χ2n) is 6.42. The van der Waals surface area contributed by atoms with Crippen LogP contribution in [0.1, 0.15) is 33.1 Å². The Kier molecular flexibility index (Phi) is 5.99. The monoisotopic (exact) mass is 341 g/mol. The molecule has 1 heterocycles. The molecule has 5 nitrogen and oxygen atoms in total. The number of anilines is 1. The predicted molar refractivity (Wildman–Crippen MR) is 89.3 cm³/mol. The van der Waals surface area contributed by atoms with Crippen LogP contribution in [-0.2, 0) is 4.79 Å². The molecule has 1 aromatic carbocycles. The number of carbonyl (C=O) groups is 1. The van der Waals surface area contributed by atoms with E-state index in [-0.39, 0.29) is 17.7 Å². The van der Waals surface area contributed by atoms with Gasteiger partial charge in [-0.1, -0.05) is 25.5 Å². The summed E-state index contributed by atoms with van der Waals surface area (Å²) < 4.78 is 29.6. The standard InChI is InChI=1S/C17H25F2N3O2/c1-3-9-17(2,20)15(23)21-12-8-10-22(11-12)13-6-4-5-7-14(13)24-16(18)19/h4-7,12,16H,3,8-11,20H2,1-2H3,(H,21,23). The van der Waals surface area contributed by atoms with Gasteiger partial charge in [-0.2, -0.15) is 8.78 Å². The average Bonchev–Trinajstić information content (AvgIpc) is 2.95. The van der Waals surface area contributed by atoms with Crippen LogP contribution in [0.2, 0.25) is 0 Å². The summed E-state index contributed by atoms with van der Waals surface area (Å²) in [6.07, 6.45) is 2.17. The Balaban J connectivity index is 2.00. The van der Waals surface area contributed by atoms with Crippen LogP contribution in [0.3, 0.4) is 0 Å². The van der Waals surface area contributed by atoms with Crippen LogP contribution in [0.25, 0.3) is 0 Å². The molecule has 1 amide bonds. The molecule has 0 bridgehead atoms. The molecule has 2 atom stereocenters. The Morgan fingerprint density at radius 3 is 2.88 bits per heavy atom. The lowest BCUT2D eigenvalue weighted by Gasteiger charge is -2.26. The summed E-state index contributed by atoms with van der Waals surface area (Å²) in [4.78, 5) is 14.2. The fourth-order valence-electron chi connectivity index (χ4n) is 2.99. The van der Waals surface area contributed by atoms with Gasteiger partial charge in [0, 0.05) is 19.1 Å². The molecule has 2 unspecified atom stereocenters. The van der Waals surface area contributed by atoms with Crippen LogP contribution in [0.5, 0.6) is 5.75 Å². The summed E-state index contributed by atoms with van der Waals surface area (Å²) in [6.45, 7) is 2.04. The van der Waals surface area contributed by atoms with E-state index in [1.807, 2.05) is 11.8 Å². The van der Waals surface area contributed by atoms with Gasteiger partial charge in [0.15, 0.2) is 0 Å². The number of para-hydroxylation sites is 2. The molecule has 134 valence electrons. The van der Waals surface area contributed by atoms with Gasteiger partial charge in [-0.15, -0.1) is 0 Å². The third-order valence-corrected chi connectivity index (χ3v) is 4.23. The molecule has 24 heavy (non-hydrogen) atoms. The second-order valence-corrected chi connectivity index (χ2v) is 6.42. The number of hydrogen-bond acceptors (Lipinski definition) is 4. The first-order valence-corrected chi connectivity index (χ1v) is 8.22. The second kappa shape index (κ2) is 7.79. The average molecular weight is 341 g/mol. The molecular formula is C17H25F2N3O2. The van der Waals surface area contributed by atoms with Crippen molar-refractivity contribution in [2.24, 2.45) is 5.73 Å². The molecule has 0 spiro atoms. The molecule has 1 aliphatic heterocycles. The zero-order valence-corrected chi connectivity index (χ0v) is 14.1. The van der Waals surface area contributed by atoms with Crippen LogP contribution in [0, 0.1) is 0 Å². The molecule has 1 fully saturated rings. The lowest BCUT2D eigenvalue weighted by Crippen LogP contribution is -2.54. The minimum Gasteiger partial charge on any atom is -0.433 e. The van der Waals surface area contributed by atoms with E-state index >= 15 is 0 Å². The predicted octanol–water partition coefficient (Wildman–Crippen LogP) is 2.50. The SMILES string of the molecule is CCCC(C)(N)C(=O)NC1CCN(c2ccccc2OC(F)F)C1. The number of amides is 1. The minimum atomic E-state index is -2.86. The Bertz CT molecular complexity index is 567. The highest BCUT2D eigenvalue weighted by molar-refractivity contribution is 5.86. The van der Waals surface area contributed by atoms with Gasteiger partial charge < -0.3 is 20.7 Å². The quantitative estimate of drug-likeness (QED) is 0.800. The van der Waals surface area contributed by atoms with Gasteiger partial charge in [0.1, 0.15) is 5.75 Å². The van der Waals surface area contributed by atoms with Crippen LogP contribution >= 0.6 is 0 Å². The van der Waals surface area contributed by atoms with Crippen molar-refractivity contribution in [2.45, 2.75) is 51.3 Å². The molecule has 2 rings (SSSR count). The molecule has 1 aromatic rings. The summed E-state index contributed by atoms with van der Waals surface area (Å²) >= 11 is 0. The number of rotatable bonds is 7. The summed E-state index contributed by atoms with van der Waals surface area (Å²) in [5, 5.41) is 2.97. The maximum absolute atomic E-state index is 12.5. The van der Waals surface area contributed by atoms with E-state index in [9.17, 15) is 13.6 Å². The highest BCUT2D eigenvalue weighted by Gasteiger charge is 2.32. The van der Waals surface area contributed by atoms with Crippen molar-refractivity contribution >= 4 is 11.6 Å². The van der Waals surface area contributed by atoms with E-state index in [0.29, 0.717) is 25.2 Å². The highest BCUT2D eigenvalue weighted by Crippen LogP contribution is 2.31. The van der Waals surface area contributed by atoms with Crippen molar-refractivity contribution in [3.8, 4) is 5.75 Å². The highest BCUT2D eigenvalue weighted by atomic mass is 19.3. The molecule has 0 aliphatic carbocycles. The van der Waals surface area contributed by atoms with Crippen molar-refractivity contribution in [2.75, 3.05) is 18.0 Å². The number of nitrogens with two attached hydrogens (primary N) is 1. The summed E-state index contributed by atoms with van der Waals surface area (Å²) in [5.74, 6) is -0.0255. The maximum Gasteiger partial charge on any atom is 0.387 e. The van der Waals surface area contributed by atoms with E-state index in [1.54, 1.807) is 25.1 Å². The molecular weight excluding hydrogens is 316 g/mol. The van der Waals surface area contributed by atoms with Crippen LogP contribution < -0.4 is 20.7 Å². The molecule has 7 heteroatoms. The Morgan fingerprint density at radius 1 is 1.50 bits per heavy atom. The minimum absolute atomic E-state index is 0.0585. The lowest BCUT2D eigenvalue weighted by atomic mass is 9.96. The molecule has 1 saturated heterocycles. The van der Waals surface area contributed by atoms with E-state index in [2.05, 4.69) is 10.1 Å². The number of ether oxygens (including phenoxy) is 1. The van der Waals surface area contributed by atoms with Gasteiger partial charge in [0.25, 0.3) is 0 Å². The van der Waals surface area contributed by atoms with Crippen molar-refractivity contribution < 1.29 is 18.3 Å². The maximum atomic E-state index is 12.5. The molecule has 3 N–H and O–H groups in total. The first kappa shape index (κ1) is 18.4. The first-order valence-electron chi connectivity index (χ1n) is 8.22. The summed E-state index contributed by atoms with van der Waals surface area (Å²) in [7, 11) is 0. The van der Waals surface area contributed by atoms with Crippen molar-refractivity contribution in [1.82, 2.24) is 5.32 Å². The van der Waals surface area contributed by atoms with E-state index < -0.39 is 12.2 Å². The topological polar surface area (TPSA) is 67.6 Å². The van der Waals surface area contributed by atoms with Crippen LogP contribution in [0.4, 0.5) is 14.5 Å². The van der Waals surface area contributed by atoms with Crippen LogP contribution in [0.15, 0.2) is 24.3 Å². The smallest absolute Gasteiger partial charge is 0.387 e. The molecule has 0 saturated carbocycles. The fraction of sp³-hybridized carbons (Fsp3) is 0.588. The number of nitrogens with zero attached hydrogens (tertiary/aromatic N) is 1. The van der Waals surface area contributed by atoms with Gasteiger partial charge in [-0.25, -0.2) is 0 Å². The fourth-order valence-corrected chi connectivity index (χ4v) is 2.99. The zero-order valence-electron chi connectivity index (χ0n) is 14.1. The number of alkyl halides is 2. The van der Waals surface area contributed by atoms with Gasteiger partial charge in [0.05, 0.1) is 11.2 Å². The number of hydrogen-bond donors (Lipinski definition) is 2. The first-order chi connectivity index (χ1) is 11.3. The van der Waals surface area contributed by atoms with Crippen molar-refractivity contribution in [3.05, 3.63) is 24.3 Å². The third kappa shape index (κ3) is 4.56. The van der Waals surface area contributed by atoms with Gasteiger partial charge >= 0.3 is 6.61 Å². The molecule has 0 aromatic heterocycles. The molecule has 1 aliphatic rings. The summed E-state index contributed by atoms with van der Waals surface area (Å²) in [6, 6.07) is 6.63. The van der Waals surface area contributed by atoms with Crippen LogP contribution in [-0.4, -0.2) is 37.2 Å². The van der Waals surface area contributed by atoms with E-state index in [0.717, 1.165) is 12.8 Å². The zero-order chi connectivity index (χ0) is 17.7. The van der Waals surface area contributed by atoms with Crippen molar-refractivity contribution in [1.29, 1.82) is 0 Å². The van der Waals surface area contributed by atoms with Crippen molar-refractivity contribution in [3.63, 3.8) is 0 Å². The number of nitrogens with one attached hydrogen (secondary N) is 1. The molecule has 0 radical (unpaired) electrons. The number of halogens is 2. The number of benzene rings is 1. The largest absolute Gasteiger partial charge is 0.433 e. The normalized spacial score (nSPS) is 20.1. The third-order valence-electron chi connectivity index (χ3n) is 4.23. The lowest BCUT2D eigenvalue weighted by molar-refractivity contribution is -0.126. The Morgan fingerprint density at radius 2 is 2.21 bits per heavy atom. The Hall–Kier alpha value is -1.89. The Labute approximate surface area is 141 Å². The van der Waals surface area contributed by atoms with E-state index in [1.165, 1.54) is 6.07 Å². The van der Waals surface area contributed by atoms with Gasteiger partial charge in [-0.05, 0) is 31.9 Å². The van der Waals surface area contributed by atoms with Gasteiger partial charge in [-0.3, -0.25) is 4.79 Å². The van der Waals surface area contributed by atoms with Gasteiger partial charge in [0.2, 0.25) is 5.91 Å². The summed E-state index contributed by atoms with van der Waals surface area (Å²) in [5.41, 5.74) is 5.76. The van der Waals surface area contributed by atoms with E-state index in [4.69, 9.17) is 5.73 Å².